The first-order chi connectivity index (χ1) is 11.8. The summed E-state index contributed by atoms with van der Waals surface area (Å²) in [5, 5.41) is 0. The van der Waals surface area contributed by atoms with Crippen LogP contribution in [-0.4, -0.2) is 21.6 Å². The molecule has 2 rings (SSSR count). The molecular formula is C20H30BrNO2S. The van der Waals surface area contributed by atoms with Crippen molar-refractivity contribution in [2.45, 2.75) is 77.1 Å². The van der Waals surface area contributed by atoms with Crippen LogP contribution in [0, 0.1) is 12.8 Å². The zero-order chi connectivity index (χ0) is 18.4. The van der Waals surface area contributed by atoms with Crippen LogP contribution in [0.15, 0.2) is 27.1 Å². The van der Waals surface area contributed by atoms with Crippen molar-refractivity contribution in [1.82, 2.24) is 0 Å². The van der Waals surface area contributed by atoms with E-state index >= 15 is 0 Å². The van der Waals surface area contributed by atoms with Gasteiger partial charge >= 0.3 is 0 Å². The zero-order valence-corrected chi connectivity index (χ0v) is 18.2. The Morgan fingerprint density at radius 2 is 1.96 bits per heavy atom. The normalized spacial score (nSPS) is 23.0. The molecule has 1 aliphatic carbocycles. The number of nitrogens with zero attached hydrogens (tertiary/aromatic N) is 1. The average molecular weight is 428 g/mol. The van der Waals surface area contributed by atoms with Crippen LogP contribution in [0.4, 0.5) is 0 Å². The van der Waals surface area contributed by atoms with Crippen LogP contribution < -0.4 is 4.74 Å². The number of rotatable bonds is 6. The predicted octanol–water partition coefficient (Wildman–Crippen LogP) is 6.01. The maximum absolute atomic E-state index is 11.9. The molecule has 0 aliphatic heterocycles. The highest BCUT2D eigenvalue weighted by molar-refractivity contribution is 9.10. The van der Waals surface area contributed by atoms with E-state index in [1.54, 1.807) is 0 Å². The highest BCUT2D eigenvalue weighted by Gasteiger charge is 2.26. The molecule has 3 nitrogen and oxygen atoms in total. The summed E-state index contributed by atoms with van der Waals surface area (Å²) < 4.78 is 23.1. The summed E-state index contributed by atoms with van der Waals surface area (Å²) in [4.78, 5) is 0. The van der Waals surface area contributed by atoms with Crippen LogP contribution >= 0.6 is 15.9 Å². The van der Waals surface area contributed by atoms with Gasteiger partial charge in [0.15, 0.2) is 0 Å². The molecule has 5 heteroatoms. The summed E-state index contributed by atoms with van der Waals surface area (Å²) >= 11 is 2.43. The summed E-state index contributed by atoms with van der Waals surface area (Å²) in [6.07, 6.45) is 8.86. The summed E-state index contributed by atoms with van der Waals surface area (Å²) in [6, 6.07) is 6.13. The van der Waals surface area contributed by atoms with E-state index in [4.69, 9.17) is 4.74 Å². The van der Waals surface area contributed by atoms with E-state index in [2.05, 4.69) is 33.3 Å². The SMILES string of the molecule is Cc1c(Br)cccc1OC1CCC(CCC=N[S+]([O-])C(C)(C)C)CC1. The molecule has 1 saturated carbocycles. The first-order valence-corrected chi connectivity index (χ1v) is 11.0. The first kappa shape index (κ1) is 20.8. The van der Waals surface area contributed by atoms with Crippen molar-refractivity contribution in [2.75, 3.05) is 0 Å². The van der Waals surface area contributed by atoms with Gasteiger partial charge in [-0.2, -0.15) is 0 Å². The molecule has 0 radical (unpaired) electrons. The molecule has 25 heavy (non-hydrogen) atoms. The van der Waals surface area contributed by atoms with Crippen molar-refractivity contribution < 1.29 is 9.29 Å². The maximum atomic E-state index is 11.9. The standard InChI is InChI=1S/C20H30BrNO2S/c1-15-18(21)8-5-9-19(15)24-17-12-10-16(11-13-17)7-6-14-22-25(23)20(2,3)4/h5,8-9,14,16-17H,6-7,10-13H2,1-4H3. The monoisotopic (exact) mass is 427 g/mol. The molecular weight excluding hydrogens is 398 g/mol. The van der Waals surface area contributed by atoms with Crippen LogP contribution in [0.1, 0.15) is 64.9 Å². The number of halogens is 1. The molecule has 1 aliphatic rings. The van der Waals surface area contributed by atoms with Gasteiger partial charge in [-0.3, -0.25) is 0 Å². The van der Waals surface area contributed by atoms with Crippen LogP contribution in [0.2, 0.25) is 0 Å². The van der Waals surface area contributed by atoms with Gasteiger partial charge in [0.25, 0.3) is 0 Å². The van der Waals surface area contributed by atoms with Gasteiger partial charge in [0, 0.05) is 10.0 Å². The van der Waals surface area contributed by atoms with Gasteiger partial charge in [-0.15, -0.1) is 0 Å². The van der Waals surface area contributed by atoms with Gasteiger partial charge in [-0.1, -0.05) is 26.4 Å². The van der Waals surface area contributed by atoms with Gasteiger partial charge in [0.2, 0.25) is 0 Å². The maximum Gasteiger partial charge on any atom is 0.144 e. The molecule has 0 amide bonds. The Bertz CT molecular complexity index is 578. The Morgan fingerprint density at radius 3 is 2.60 bits per heavy atom. The predicted molar refractivity (Wildman–Crippen MR) is 111 cm³/mol. The third-order valence-electron chi connectivity index (χ3n) is 4.70. The van der Waals surface area contributed by atoms with E-state index < -0.39 is 11.4 Å². The van der Waals surface area contributed by atoms with E-state index in [0.29, 0.717) is 6.10 Å². The molecule has 0 saturated heterocycles. The van der Waals surface area contributed by atoms with Gasteiger partial charge in [-0.05, 0) is 84.3 Å². The lowest BCUT2D eigenvalue weighted by Gasteiger charge is -2.29. The Hall–Kier alpha value is -0.520. The number of hydrogen-bond acceptors (Lipinski definition) is 3. The minimum Gasteiger partial charge on any atom is -0.591 e. The van der Waals surface area contributed by atoms with E-state index in [1.165, 1.54) is 18.4 Å². The van der Waals surface area contributed by atoms with Crippen LogP contribution in [0.5, 0.6) is 5.75 Å². The first-order valence-electron chi connectivity index (χ1n) is 9.13. The van der Waals surface area contributed by atoms with Gasteiger partial charge in [0.1, 0.15) is 21.9 Å². The molecule has 1 aromatic rings. The highest BCUT2D eigenvalue weighted by atomic mass is 79.9. The highest BCUT2D eigenvalue weighted by Crippen LogP contribution is 2.32. The summed E-state index contributed by atoms with van der Waals surface area (Å²) in [7, 11) is 0. The fourth-order valence-electron chi connectivity index (χ4n) is 3.02. The summed E-state index contributed by atoms with van der Waals surface area (Å²) in [5.74, 6) is 1.73. The van der Waals surface area contributed by atoms with Crippen LogP contribution in [-0.2, 0) is 11.4 Å². The summed E-state index contributed by atoms with van der Waals surface area (Å²) in [5.41, 5.74) is 1.17. The molecule has 0 spiro atoms. The molecule has 0 bridgehead atoms. The smallest absolute Gasteiger partial charge is 0.144 e. The Balaban J connectivity index is 1.71. The van der Waals surface area contributed by atoms with Crippen molar-refractivity contribution in [1.29, 1.82) is 0 Å². The topological polar surface area (TPSA) is 44.6 Å². The van der Waals surface area contributed by atoms with E-state index in [1.807, 2.05) is 39.1 Å². The second kappa shape index (κ2) is 9.43. The lowest BCUT2D eigenvalue weighted by molar-refractivity contribution is 0.128. The largest absolute Gasteiger partial charge is 0.591 e. The van der Waals surface area contributed by atoms with Crippen molar-refractivity contribution in [2.24, 2.45) is 10.3 Å². The molecule has 1 aromatic carbocycles. The number of benzene rings is 1. The lowest BCUT2D eigenvalue weighted by Crippen LogP contribution is -2.26. The van der Waals surface area contributed by atoms with Gasteiger partial charge < -0.3 is 9.29 Å². The summed E-state index contributed by atoms with van der Waals surface area (Å²) in [6.45, 7) is 7.95. The molecule has 0 aromatic heterocycles. The minimum absolute atomic E-state index is 0.267. The molecule has 1 atom stereocenters. The van der Waals surface area contributed by atoms with Crippen molar-refractivity contribution in [3.05, 3.63) is 28.2 Å². The van der Waals surface area contributed by atoms with Crippen molar-refractivity contribution in [3.63, 3.8) is 0 Å². The van der Waals surface area contributed by atoms with Crippen LogP contribution in [0.3, 0.4) is 0 Å². The van der Waals surface area contributed by atoms with E-state index in [0.717, 1.165) is 41.8 Å². The van der Waals surface area contributed by atoms with Crippen LogP contribution in [0.25, 0.3) is 0 Å². The Morgan fingerprint density at radius 1 is 1.28 bits per heavy atom. The molecule has 1 unspecified atom stereocenters. The molecule has 0 heterocycles. The average Bonchev–Trinajstić information content (AvgIpc) is 2.56. The minimum atomic E-state index is -1.13. The van der Waals surface area contributed by atoms with Gasteiger partial charge in [0.05, 0.1) is 12.3 Å². The van der Waals surface area contributed by atoms with Crippen molar-refractivity contribution in [3.8, 4) is 5.75 Å². The fourth-order valence-corrected chi connectivity index (χ4v) is 3.93. The number of ether oxygens (including phenoxy) is 1. The Labute approximate surface area is 164 Å². The third kappa shape index (κ3) is 6.61. The second-order valence-electron chi connectivity index (χ2n) is 7.85. The second-order valence-corrected chi connectivity index (χ2v) is 10.6. The van der Waals surface area contributed by atoms with E-state index in [9.17, 15) is 4.55 Å². The molecule has 1 fully saturated rings. The molecule has 0 N–H and O–H groups in total. The van der Waals surface area contributed by atoms with Gasteiger partial charge in [-0.25, -0.2) is 0 Å². The van der Waals surface area contributed by atoms with E-state index in [-0.39, 0.29) is 4.75 Å². The fraction of sp³-hybridized carbons (Fsp3) is 0.650. The van der Waals surface area contributed by atoms with Crippen molar-refractivity contribution >= 4 is 33.5 Å². The quantitative estimate of drug-likeness (QED) is 0.412. The zero-order valence-electron chi connectivity index (χ0n) is 15.8. The Kier molecular flexibility index (Phi) is 7.84. The number of hydrogen-bond donors (Lipinski definition) is 0. The lowest BCUT2D eigenvalue weighted by atomic mass is 9.84. The third-order valence-corrected chi connectivity index (χ3v) is 6.95. The molecule has 140 valence electrons.